The van der Waals surface area contributed by atoms with E-state index in [0.29, 0.717) is 0 Å². The van der Waals surface area contributed by atoms with Crippen LogP contribution in [-0.4, -0.2) is 43.8 Å². The van der Waals surface area contributed by atoms with Crippen LogP contribution in [0.4, 0.5) is 0 Å². The fraction of sp³-hybridized carbons (Fsp3) is 0.429. The van der Waals surface area contributed by atoms with E-state index in [1.807, 2.05) is 30.3 Å². The molecule has 1 aromatic carbocycles. The lowest BCUT2D eigenvalue weighted by molar-refractivity contribution is -0.202. The lowest BCUT2D eigenvalue weighted by Crippen LogP contribution is -2.55. The van der Waals surface area contributed by atoms with Crippen molar-refractivity contribution in [3.8, 4) is 0 Å². The minimum atomic E-state index is -1.57. The summed E-state index contributed by atoms with van der Waals surface area (Å²) in [7, 11) is 3.99. The van der Waals surface area contributed by atoms with Crippen molar-refractivity contribution in [2.45, 2.75) is 18.1 Å². The minimum Gasteiger partial charge on any atom is -0.467 e. The van der Waals surface area contributed by atoms with Crippen molar-refractivity contribution in [1.29, 1.82) is 0 Å². The fourth-order valence-electron chi connectivity index (χ4n) is 2.41. The molecule has 0 saturated carbocycles. The molecule has 0 bridgehead atoms. The van der Waals surface area contributed by atoms with E-state index in [9.17, 15) is 9.59 Å². The van der Waals surface area contributed by atoms with E-state index in [2.05, 4.69) is 0 Å². The van der Waals surface area contributed by atoms with Crippen LogP contribution in [0.5, 0.6) is 0 Å². The first kappa shape index (κ1) is 14.5. The normalized spacial score (nSPS) is 21.4. The number of rotatable bonds is 3. The van der Waals surface area contributed by atoms with Gasteiger partial charge in [-0.15, -0.1) is 0 Å². The monoisotopic (exact) mass is 279 g/mol. The maximum absolute atomic E-state index is 12.1. The molecule has 0 N–H and O–H groups in total. The second kappa shape index (κ2) is 5.60. The molecule has 0 aliphatic carbocycles. The van der Waals surface area contributed by atoms with Gasteiger partial charge in [-0.1, -0.05) is 30.3 Å². The average molecular weight is 279 g/mol. The molecule has 1 aliphatic rings. The van der Waals surface area contributed by atoms with Gasteiger partial charge in [-0.05, 0) is 5.56 Å². The van der Waals surface area contributed by atoms with Crippen molar-refractivity contribution in [3.63, 3.8) is 0 Å². The van der Waals surface area contributed by atoms with Gasteiger partial charge in [-0.25, -0.2) is 9.59 Å². The van der Waals surface area contributed by atoms with Crippen molar-refractivity contribution in [3.05, 3.63) is 35.9 Å². The molecule has 108 valence electrons. The highest BCUT2D eigenvalue weighted by molar-refractivity contribution is 6.05. The van der Waals surface area contributed by atoms with E-state index >= 15 is 0 Å². The summed E-state index contributed by atoms with van der Waals surface area (Å²) in [5, 5.41) is 1.22. The first-order valence-corrected chi connectivity index (χ1v) is 6.18. The number of nitrogens with zero attached hydrogens (tertiary/aromatic N) is 1. The summed E-state index contributed by atoms with van der Waals surface area (Å²) in [4.78, 5) is 29.8. The summed E-state index contributed by atoms with van der Waals surface area (Å²) in [6.45, 7) is 0. The molecule has 1 unspecified atom stereocenters. The van der Waals surface area contributed by atoms with Gasteiger partial charge in [0.25, 0.3) is 0 Å². The third kappa shape index (κ3) is 2.17. The number of hydrogen-bond acceptors (Lipinski definition) is 6. The van der Waals surface area contributed by atoms with Crippen molar-refractivity contribution in [2.75, 3.05) is 21.3 Å². The summed E-state index contributed by atoms with van der Waals surface area (Å²) in [5.41, 5.74) is -0.682. The van der Waals surface area contributed by atoms with Gasteiger partial charge in [0.2, 0.25) is 5.54 Å². The van der Waals surface area contributed by atoms with Crippen LogP contribution < -0.4 is 0 Å². The third-order valence-corrected chi connectivity index (χ3v) is 3.52. The molecule has 6 nitrogen and oxygen atoms in total. The summed E-state index contributed by atoms with van der Waals surface area (Å²) in [5.74, 6) is -1.38. The summed E-state index contributed by atoms with van der Waals surface area (Å²) in [6, 6.07) is 9.38. The number of likely N-dealkylation sites (N-methyl/N-ethyl adjacent to an activating group) is 1. The van der Waals surface area contributed by atoms with Crippen LogP contribution >= 0.6 is 0 Å². The third-order valence-electron chi connectivity index (χ3n) is 3.52. The molecule has 2 rings (SSSR count). The van der Waals surface area contributed by atoms with Crippen molar-refractivity contribution in [1.82, 2.24) is 5.06 Å². The number of carbonyl (C=O) groups excluding carboxylic acids is 2. The Morgan fingerprint density at radius 2 is 1.75 bits per heavy atom. The zero-order valence-electron chi connectivity index (χ0n) is 11.7. The highest BCUT2D eigenvalue weighted by Crippen LogP contribution is 2.40. The number of ether oxygens (including phenoxy) is 2. The van der Waals surface area contributed by atoms with Crippen LogP contribution in [-0.2, 0) is 23.9 Å². The second-order valence-corrected chi connectivity index (χ2v) is 4.55. The van der Waals surface area contributed by atoms with E-state index in [0.717, 1.165) is 5.56 Å². The van der Waals surface area contributed by atoms with Crippen LogP contribution in [0.1, 0.15) is 18.1 Å². The Morgan fingerprint density at radius 1 is 1.20 bits per heavy atom. The Labute approximate surface area is 117 Å². The van der Waals surface area contributed by atoms with Gasteiger partial charge >= 0.3 is 11.9 Å². The van der Waals surface area contributed by atoms with Gasteiger partial charge in [-0.3, -0.25) is 4.84 Å². The maximum Gasteiger partial charge on any atom is 0.340 e. The number of hydroxylamine groups is 2. The molecule has 20 heavy (non-hydrogen) atoms. The van der Waals surface area contributed by atoms with Gasteiger partial charge in [0.1, 0.15) is 6.10 Å². The topological polar surface area (TPSA) is 65.1 Å². The average Bonchev–Trinajstić information content (AvgIpc) is 2.85. The molecular weight excluding hydrogens is 262 g/mol. The Kier molecular flexibility index (Phi) is 4.06. The Balaban J connectivity index is 2.35. The quantitative estimate of drug-likeness (QED) is 0.609. The highest BCUT2D eigenvalue weighted by Gasteiger charge is 2.59. The first-order chi connectivity index (χ1) is 9.56. The number of methoxy groups -OCH3 is 2. The zero-order chi connectivity index (χ0) is 14.8. The lowest BCUT2D eigenvalue weighted by atomic mass is 9.90. The molecule has 1 heterocycles. The largest absolute Gasteiger partial charge is 0.467 e. The van der Waals surface area contributed by atoms with Gasteiger partial charge in [-0.2, -0.15) is 5.06 Å². The Hall–Kier alpha value is -1.92. The summed E-state index contributed by atoms with van der Waals surface area (Å²) in [6.07, 6.45) is -0.258. The molecule has 0 amide bonds. The number of esters is 2. The van der Waals surface area contributed by atoms with E-state index < -0.39 is 23.6 Å². The van der Waals surface area contributed by atoms with Crippen molar-refractivity contribution >= 4 is 11.9 Å². The van der Waals surface area contributed by atoms with Gasteiger partial charge < -0.3 is 9.47 Å². The van der Waals surface area contributed by atoms with Gasteiger partial charge in [0, 0.05) is 13.5 Å². The smallest absolute Gasteiger partial charge is 0.340 e. The molecule has 0 spiro atoms. The molecular formula is C14H17NO5. The Bertz CT molecular complexity index is 486. The predicted octanol–water partition coefficient (Wildman–Crippen LogP) is 1.08. The Morgan fingerprint density at radius 3 is 2.25 bits per heavy atom. The van der Waals surface area contributed by atoms with Crippen LogP contribution in [0.2, 0.25) is 0 Å². The first-order valence-electron chi connectivity index (χ1n) is 6.18. The standard InChI is InChI=1S/C14H17NO5/c1-15-14(12(16)18-2,13(17)19-3)9-11(20-15)10-7-5-4-6-8-10/h4-8,11H,9H2,1-3H3. The van der Waals surface area contributed by atoms with Gasteiger partial charge in [0.05, 0.1) is 14.2 Å². The van der Waals surface area contributed by atoms with E-state index in [1.165, 1.54) is 26.3 Å². The van der Waals surface area contributed by atoms with Crippen molar-refractivity contribution in [2.24, 2.45) is 0 Å². The maximum atomic E-state index is 12.1. The molecule has 1 aliphatic heterocycles. The number of hydrogen-bond donors (Lipinski definition) is 0. The molecule has 1 aromatic rings. The van der Waals surface area contributed by atoms with Crippen LogP contribution in [0.25, 0.3) is 0 Å². The van der Waals surface area contributed by atoms with Crippen LogP contribution in [0.3, 0.4) is 0 Å². The minimum absolute atomic E-state index is 0.146. The molecule has 1 saturated heterocycles. The SMILES string of the molecule is COC(=O)C1(C(=O)OC)CC(c2ccccc2)ON1C. The highest BCUT2D eigenvalue weighted by atomic mass is 16.7. The molecule has 6 heteroatoms. The zero-order valence-corrected chi connectivity index (χ0v) is 11.7. The van der Waals surface area contributed by atoms with Crippen LogP contribution in [0.15, 0.2) is 30.3 Å². The molecule has 1 fully saturated rings. The molecule has 1 atom stereocenters. The summed E-state index contributed by atoms with van der Waals surface area (Å²) >= 11 is 0. The van der Waals surface area contributed by atoms with Gasteiger partial charge in [0.15, 0.2) is 0 Å². The van der Waals surface area contributed by atoms with E-state index in [1.54, 1.807) is 0 Å². The van der Waals surface area contributed by atoms with Crippen molar-refractivity contribution < 1.29 is 23.9 Å². The lowest BCUT2D eigenvalue weighted by Gasteiger charge is -2.27. The second-order valence-electron chi connectivity index (χ2n) is 4.55. The number of benzene rings is 1. The van der Waals surface area contributed by atoms with Crippen LogP contribution in [0, 0.1) is 0 Å². The fourth-order valence-corrected chi connectivity index (χ4v) is 2.41. The van der Waals surface area contributed by atoms with E-state index in [-0.39, 0.29) is 6.42 Å². The van der Waals surface area contributed by atoms with E-state index in [4.69, 9.17) is 14.3 Å². The molecule has 0 aromatic heterocycles. The summed E-state index contributed by atoms with van der Waals surface area (Å²) < 4.78 is 9.51. The molecule has 0 radical (unpaired) electrons. The number of carbonyl (C=O) groups is 2. The predicted molar refractivity (Wildman–Crippen MR) is 69.4 cm³/mol.